The number of benzene rings is 1. The Bertz CT molecular complexity index is 461. The number of hydrogen-bond donors (Lipinski definition) is 2. The molecule has 0 aromatic heterocycles. The van der Waals surface area contributed by atoms with Crippen LogP contribution in [0.4, 0.5) is 4.79 Å². The molecule has 1 aromatic rings. The van der Waals surface area contributed by atoms with Gasteiger partial charge in [0.15, 0.2) is 0 Å². The first kappa shape index (κ1) is 16.8. The van der Waals surface area contributed by atoms with Crippen molar-refractivity contribution >= 4 is 6.03 Å². The van der Waals surface area contributed by atoms with Gasteiger partial charge in [0.25, 0.3) is 0 Å². The third-order valence-electron chi connectivity index (χ3n) is 3.99. The topological polar surface area (TPSA) is 50.4 Å². The second-order valence-electron chi connectivity index (χ2n) is 6.64. The van der Waals surface area contributed by atoms with Crippen molar-refractivity contribution in [2.75, 3.05) is 6.61 Å². The molecule has 0 unspecified atom stereocenters. The van der Waals surface area contributed by atoms with Crippen molar-refractivity contribution in [3.8, 4) is 0 Å². The Morgan fingerprint density at radius 2 is 2.00 bits per heavy atom. The van der Waals surface area contributed by atoms with Crippen molar-refractivity contribution in [1.29, 1.82) is 0 Å². The zero-order valence-electron chi connectivity index (χ0n) is 13.8. The van der Waals surface area contributed by atoms with Crippen LogP contribution in [0.5, 0.6) is 0 Å². The zero-order chi connectivity index (χ0) is 15.9. The smallest absolute Gasteiger partial charge is 0.315 e. The van der Waals surface area contributed by atoms with E-state index < -0.39 is 0 Å². The van der Waals surface area contributed by atoms with E-state index in [9.17, 15) is 4.79 Å². The van der Waals surface area contributed by atoms with E-state index in [1.807, 2.05) is 18.2 Å². The molecule has 0 spiro atoms. The second kappa shape index (κ2) is 8.18. The highest BCUT2D eigenvalue weighted by atomic mass is 16.5. The summed E-state index contributed by atoms with van der Waals surface area (Å²) in [4.78, 5) is 12.1. The van der Waals surface area contributed by atoms with E-state index in [0.29, 0.717) is 12.5 Å². The van der Waals surface area contributed by atoms with Crippen molar-refractivity contribution in [3.05, 3.63) is 35.9 Å². The van der Waals surface area contributed by atoms with Crippen LogP contribution >= 0.6 is 0 Å². The van der Waals surface area contributed by atoms with E-state index in [1.165, 1.54) is 5.56 Å². The summed E-state index contributed by atoms with van der Waals surface area (Å²) in [5, 5.41) is 6.11. The van der Waals surface area contributed by atoms with E-state index >= 15 is 0 Å². The Kier molecular flexibility index (Phi) is 6.25. The van der Waals surface area contributed by atoms with E-state index in [1.54, 1.807) is 0 Å². The van der Waals surface area contributed by atoms with Gasteiger partial charge in [-0.05, 0) is 37.7 Å². The molecule has 0 saturated carbocycles. The molecule has 1 heterocycles. The third-order valence-corrected chi connectivity index (χ3v) is 3.99. The molecule has 122 valence electrons. The molecule has 1 aliphatic heterocycles. The summed E-state index contributed by atoms with van der Waals surface area (Å²) < 4.78 is 5.84. The van der Waals surface area contributed by atoms with E-state index in [0.717, 1.165) is 19.3 Å². The Labute approximate surface area is 133 Å². The number of amides is 2. The maximum Gasteiger partial charge on any atom is 0.315 e. The highest BCUT2D eigenvalue weighted by molar-refractivity contribution is 5.74. The lowest BCUT2D eigenvalue weighted by molar-refractivity contribution is 0.00221. The fourth-order valence-electron chi connectivity index (χ4n) is 3.04. The van der Waals surface area contributed by atoms with Crippen molar-refractivity contribution in [3.63, 3.8) is 0 Å². The lowest BCUT2D eigenvalue weighted by Crippen LogP contribution is -2.47. The van der Waals surface area contributed by atoms with Crippen molar-refractivity contribution in [2.45, 2.75) is 58.2 Å². The van der Waals surface area contributed by atoms with Gasteiger partial charge in [-0.1, -0.05) is 44.2 Å². The van der Waals surface area contributed by atoms with E-state index in [2.05, 4.69) is 43.5 Å². The monoisotopic (exact) mass is 304 g/mol. The number of carbonyl (C=O) groups is 1. The Morgan fingerprint density at radius 3 is 2.68 bits per heavy atom. The predicted molar refractivity (Wildman–Crippen MR) is 88.7 cm³/mol. The molecular formula is C18H28N2O2. The molecule has 3 atom stereocenters. The van der Waals surface area contributed by atoms with Gasteiger partial charge in [-0.15, -0.1) is 0 Å². The SMILES string of the molecule is CC(C)C[C@H](C)NC(=O)N[C@@H]1CCO[C@H](c2ccccc2)C1. The molecule has 4 heteroatoms. The van der Waals surface area contributed by atoms with Gasteiger partial charge in [0.2, 0.25) is 0 Å². The van der Waals surface area contributed by atoms with Crippen molar-refractivity contribution < 1.29 is 9.53 Å². The molecule has 0 bridgehead atoms. The zero-order valence-corrected chi connectivity index (χ0v) is 13.8. The molecule has 0 radical (unpaired) electrons. The molecule has 0 aliphatic carbocycles. The first-order chi connectivity index (χ1) is 10.5. The number of carbonyl (C=O) groups excluding carboxylic acids is 1. The van der Waals surface area contributed by atoms with Crippen LogP contribution in [0.2, 0.25) is 0 Å². The number of urea groups is 1. The van der Waals surface area contributed by atoms with Gasteiger partial charge in [-0.3, -0.25) is 0 Å². The number of nitrogens with one attached hydrogen (secondary N) is 2. The fraction of sp³-hybridized carbons (Fsp3) is 0.611. The normalized spacial score (nSPS) is 23.1. The third kappa shape index (κ3) is 5.34. The van der Waals surface area contributed by atoms with E-state index in [-0.39, 0.29) is 24.2 Å². The average Bonchev–Trinajstić information content (AvgIpc) is 2.47. The van der Waals surface area contributed by atoms with Crippen LogP contribution in [-0.2, 0) is 4.74 Å². The first-order valence-corrected chi connectivity index (χ1v) is 8.28. The first-order valence-electron chi connectivity index (χ1n) is 8.28. The molecule has 2 rings (SSSR count). The molecule has 22 heavy (non-hydrogen) atoms. The molecule has 4 nitrogen and oxygen atoms in total. The molecular weight excluding hydrogens is 276 g/mol. The van der Waals surface area contributed by atoms with E-state index in [4.69, 9.17) is 4.74 Å². The molecule has 1 saturated heterocycles. The van der Waals surface area contributed by atoms with Crippen LogP contribution in [0.15, 0.2) is 30.3 Å². The van der Waals surface area contributed by atoms with Gasteiger partial charge in [-0.2, -0.15) is 0 Å². The van der Waals surface area contributed by atoms with Crippen LogP contribution < -0.4 is 10.6 Å². The fourth-order valence-corrected chi connectivity index (χ4v) is 3.04. The Balaban J connectivity index is 1.81. The van der Waals surface area contributed by atoms with Crippen LogP contribution in [0.3, 0.4) is 0 Å². The minimum Gasteiger partial charge on any atom is -0.373 e. The van der Waals surface area contributed by atoms with Gasteiger partial charge in [-0.25, -0.2) is 4.79 Å². The maximum absolute atomic E-state index is 12.1. The second-order valence-corrected chi connectivity index (χ2v) is 6.64. The van der Waals surface area contributed by atoms with Crippen LogP contribution in [0.1, 0.15) is 51.7 Å². The van der Waals surface area contributed by atoms with Crippen molar-refractivity contribution in [1.82, 2.24) is 10.6 Å². The summed E-state index contributed by atoms with van der Waals surface area (Å²) in [7, 11) is 0. The molecule has 2 N–H and O–H groups in total. The number of ether oxygens (including phenoxy) is 1. The number of hydrogen-bond acceptors (Lipinski definition) is 2. The molecule has 1 aromatic carbocycles. The Morgan fingerprint density at radius 1 is 1.27 bits per heavy atom. The van der Waals surface area contributed by atoms with Gasteiger partial charge >= 0.3 is 6.03 Å². The predicted octanol–water partition coefficient (Wildman–Crippen LogP) is 3.64. The minimum atomic E-state index is -0.0631. The van der Waals surface area contributed by atoms with Gasteiger partial charge < -0.3 is 15.4 Å². The summed E-state index contributed by atoms with van der Waals surface area (Å²) in [6.45, 7) is 7.07. The van der Waals surface area contributed by atoms with Gasteiger partial charge in [0, 0.05) is 18.7 Å². The maximum atomic E-state index is 12.1. The Hall–Kier alpha value is -1.55. The molecule has 1 fully saturated rings. The highest BCUT2D eigenvalue weighted by Gasteiger charge is 2.25. The van der Waals surface area contributed by atoms with Crippen molar-refractivity contribution in [2.24, 2.45) is 5.92 Å². The number of rotatable bonds is 5. The van der Waals surface area contributed by atoms with Gasteiger partial charge in [0.1, 0.15) is 0 Å². The summed E-state index contributed by atoms with van der Waals surface area (Å²) in [5.41, 5.74) is 1.18. The summed E-state index contributed by atoms with van der Waals surface area (Å²) in [5.74, 6) is 0.584. The molecule has 2 amide bonds. The lowest BCUT2D eigenvalue weighted by atomic mass is 9.97. The average molecular weight is 304 g/mol. The highest BCUT2D eigenvalue weighted by Crippen LogP contribution is 2.27. The molecule has 1 aliphatic rings. The van der Waals surface area contributed by atoms with Crippen LogP contribution in [-0.4, -0.2) is 24.7 Å². The lowest BCUT2D eigenvalue weighted by Gasteiger charge is -2.31. The van der Waals surface area contributed by atoms with Crippen LogP contribution in [0.25, 0.3) is 0 Å². The standard InChI is InChI=1S/C18H28N2O2/c1-13(2)11-14(3)19-18(21)20-16-9-10-22-17(12-16)15-7-5-4-6-8-15/h4-8,13-14,16-17H,9-12H2,1-3H3,(H2,19,20,21)/t14-,16+,17-/m0/s1. The largest absolute Gasteiger partial charge is 0.373 e. The summed E-state index contributed by atoms with van der Waals surface area (Å²) >= 11 is 0. The van der Waals surface area contributed by atoms with Crippen LogP contribution in [0, 0.1) is 5.92 Å². The quantitative estimate of drug-likeness (QED) is 0.872. The summed E-state index contributed by atoms with van der Waals surface area (Å²) in [6, 6.07) is 10.5. The summed E-state index contributed by atoms with van der Waals surface area (Å²) in [6.07, 6.45) is 2.77. The minimum absolute atomic E-state index is 0.0631. The van der Waals surface area contributed by atoms with Gasteiger partial charge in [0.05, 0.1) is 6.10 Å².